The maximum absolute atomic E-state index is 10.5. The number of nitrogens with zero attached hydrogens (tertiary/aromatic N) is 2. The van der Waals surface area contributed by atoms with Gasteiger partial charge < -0.3 is 14.9 Å². The number of carboxylic acids is 1. The van der Waals surface area contributed by atoms with Gasteiger partial charge in [0.25, 0.3) is 0 Å². The van der Waals surface area contributed by atoms with Gasteiger partial charge >= 0.3 is 5.97 Å². The van der Waals surface area contributed by atoms with E-state index in [2.05, 4.69) is 16.7 Å². The molecule has 0 aliphatic carbocycles. The minimum atomic E-state index is -0.679. The van der Waals surface area contributed by atoms with Crippen LogP contribution in [0, 0.1) is 5.41 Å². The van der Waals surface area contributed by atoms with Crippen molar-refractivity contribution in [1.29, 1.82) is 0 Å². The fourth-order valence-electron chi connectivity index (χ4n) is 2.97. The van der Waals surface area contributed by atoms with Crippen LogP contribution in [0.4, 0.5) is 0 Å². The van der Waals surface area contributed by atoms with Crippen LogP contribution in [-0.4, -0.2) is 60.1 Å². The van der Waals surface area contributed by atoms with Gasteiger partial charge in [0, 0.05) is 19.6 Å². The third-order valence-corrected chi connectivity index (χ3v) is 4.12. The number of carbonyl (C=O) groups is 1. The Bertz CT molecular complexity index is 252. The second-order valence-electron chi connectivity index (χ2n) is 5.29. The van der Waals surface area contributed by atoms with E-state index in [0.29, 0.717) is 5.41 Å². The topological polar surface area (TPSA) is 43.8 Å². The molecular weight excluding hydrogens is 204 g/mol. The maximum Gasteiger partial charge on any atom is 0.304 e. The highest BCUT2D eigenvalue weighted by Crippen LogP contribution is 2.40. The first-order valence-corrected chi connectivity index (χ1v) is 6.30. The van der Waals surface area contributed by atoms with Crippen LogP contribution < -0.4 is 0 Å². The van der Waals surface area contributed by atoms with Gasteiger partial charge in [-0.15, -0.1) is 0 Å². The van der Waals surface area contributed by atoms with Crippen molar-refractivity contribution >= 4 is 5.97 Å². The normalized spacial score (nSPS) is 25.6. The van der Waals surface area contributed by atoms with Gasteiger partial charge in [0.2, 0.25) is 0 Å². The van der Waals surface area contributed by atoms with E-state index in [9.17, 15) is 4.79 Å². The highest BCUT2D eigenvalue weighted by atomic mass is 16.4. The molecule has 1 spiro atoms. The Balaban J connectivity index is 1.69. The fraction of sp³-hybridized carbons (Fsp3) is 0.917. The van der Waals surface area contributed by atoms with Crippen molar-refractivity contribution in [3.8, 4) is 0 Å². The predicted octanol–water partition coefficient (Wildman–Crippen LogP) is 0.879. The summed E-state index contributed by atoms with van der Waals surface area (Å²) in [5, 5.41) is 8.62. The Morgan fingerprint density at radius 1 is 1.25 bits per heavy atom. The van der Waals surface area contributed by atoms with Crippen LogP contribution >= 0.6 is 0 Å². The molecule has 0 atom stereocenters. The third kappa shape index (κ3) is 2.55. The molecule has 2 aliphatic heterocycles. The van der Waals surface area contributed by atoms with E-state index < -0.39 is 5.97 Å². The molecule has 2 fully saturated rings. The summed E-state index contributed by atoms with van der Waals surface area (Å²) < 4.78 is 0. The van der Waals surface area contributed by atoms with Crippen LogP contribution in [0.1, 0.15) is 26.2 Å². The highest BCUT2D eigenvalue weighted by molar-refractivity contribution is 5.66. The minimum Gasteiger partial charge on any atom is -0.481 e. The molecule has 2 heterocycles. The fourth-order valence-corrected chi connectivity index (χ4v) is 2.97. The molecule has 2 saturated heterocycles. The Hall–Kier alpha value is -0.610. The second-order valence-corrected chi connectivity index (χ2v) is 5.29. The molecule has 2 rings (SSSR count). The first-order valence-electron chi connectivity index (χ1n) is 6.30. The molecule has 0 aromatic rings. The van der Waals surface area contributed by atoms with Crippen molar-refractivity contribution in [2.45, 2.75) is 26.2 Å². The van der Waals surface area contributed by atoms with E-state index in [0.717, 1.165) is 19.6 Å². The molecule has 0 radical (unpaired) electrons. The minimum absolute atomic E-state index is 0.289. The van der Waals surface area contributed by atoms with Crippen LogP contribution in [0.25, 0.3) is 0 Å². The molecule has 0 saturated carbocycles. The molecule has 0 amide bonds. The quantitative estimate of drug-likeness (QED) is 0.773. The molecule has 92 valence electrons. The summed E-state index contributed by atoms with van der Waals surface area (Å²) in [5.74, 6) is -0.679. The summed E-state index contributed by atoms with van der Waals surface area (Å²) in [6.07, 6.45) is 2.88. The molecule has 1 N–H and O–H groups in total. The van der Waals surface area contributed by atoms with Crippen LogP contribution in [0.2, 0.25) is 0 Å². The first-order chi connectivity index (χ1) is 7.63. The number of hydrogen-bond acceptors (Lipinski definition) is 3. The number of aliphatic carboxylic acids is 1. The van der Waals surface area contributed by atoms with Gasteiger partial charge in [-0.05, 0) is 37.9 Å². The van der Waals surface area contributed by atoms with Gasteiger partial charge in [0.1, 0.15) is 0 Å². The van der Waals surface area contributed by atoms with Crippen LogP contribution in [0.5, 0.6) is 0 Å². The summed E-state index contributed by atoms with van der Waals surface area (Å²) in [6, 6.07) is 0. The van der Waals surface area contributed by atoms with E-state index in [1.165, 1.54) is 32.5 Å². The number of likely N-dealkylation sites (tertiary alicyclic amines) is 2. The van der Waals surface area contributed by atoms with Crippen molar-refractivity contribution in [3.05, 3.63) is 0 Å². The summed E-state index contributed by atoms with van der Waals surface area (Å²) in [5.41, 5.74) is 0.532. The van der Waals surface area contributed by atoms with Gasteiger partial charge in [-0.3, -0.25) is 4.79 Å². The monoisotopic (exact) mass is 226 g/mol. The summed E-state index contributed by atoms with van der Waals surface area (Å²) in [6.45, 7) is 8.81. The van der Waals surface area contributed by atoms with Crippen LogP contribution in [0.3, 0.4) is 0 Å². The largest absolute Gasteiger partial charge is 0.481 e. The Labute approximate surface area is 97.2 Å². The lowest BCUT2D eigenvalue weighted by Gasteiger charge is -2.54. The third-order valence-electron chi connectivity index (χ3n) is 4.12. The van der Waals surface area contributed by atoms with Gasteiger partial charge in [-0.1, -0.05) is 6.92 Å². The molecular formula is C12H22N2O2. The summed E-state index contributed by atoms with van der Waals surface area (Å²) in [4.78, 5) is 15.3. The van der Waals surface area contributed by atoms with Gasteiger partial charge in [-0.2, -0.15) is 0 Å². The van der Waals surface area contributed by atoms with E-state index in [1.807, 2.05) is 0 Å². The summed E-state index contributed by atoms with van der Waals surface area (Å²) >= 11 is 0. The number of rotatable bonds is 4. The van der Waals surface area contributed by atoms with Crippen molar-refractivity contribution in [2.75, 3.05) is 39.3 Å². The zero-order valence-electron chi connectivity index (χ0n) is 10.1. The van der Waals surface area contributed by atoms with Crippen molar-refractivity contribution in [2.24, 2.45) is 5.41 Å². The molecule has 0 aromatic heterocycles. The Kier molecular flexibility index (Phi) is 3.50. The molecule has 4 nitrogen and oxygen atoms in total. The Morgan fingerprint density at radius 3 is 2.38 bits per heavy atom. The van der Waals surface area contributed by atoms with E-state index in [1.54, 1.807) is 0 Å². The zero-order valence-corrected chi connectivity index (χ0v) is 10.1. The Morgan fingerprint density at radius 2 is 1.88 bits per heavy atom. The van der Waals surface area contributed by atoms with Crippen molar-refractivity contribution in [1.82, 2.24) is 9.80 Å². The smallest absolute Gasteiger partial charge is 0.304 e. The van der Waals surface area contributed by atoms with E-state index in [-0.39, 0.29) is 6.42 Å². The average Bonchev–Trinajstić information content (AvgIpc) is 2.24. The van der Waals surface area contributed by atoms with Gasteiger partial charge in [-0.25, -0.2) is 0 Å². The summed E-state index contributed by atoms with van der Waals surface area (Å²) in [7, 11) is 0. The zero-order chi connectivity index (χ0) is 11.6. The highest BCUT2D eigenvalue weighted by Gasteiger charge is 2.44. The van der Waals surface area contributed by atoms with Gasteiger partial charge in [0.05, 0.1) is 6.42 Å². The molecule has 2 aliphatic rings. The van der Waals surface area contributed by atoms with E-state index >= 15 is 0 Å². The first kappa shape index (κ1) is 11.9. The molecule has 0 unspecified atom stereocenters. The second kappa shape index (κ2) is 4.72. The standard InChI is InChI=1S/C12H22N2O2/c1-2-13-7-4-12(5-8-13)9-14(10-12)6-3-11(15)16/h2-10H2,1H3,(H,15,16). The van der Waals surface area contributed by atoms with Gasteiger partial charge in [0.15, 0.2) is 0 Å². The molecule has 16 heavy (non-hydrogen) atoms. The average molecular weight is 226 g/mol. The predicted molar refractivity (Wildman–Crippen MR) is 62.5 cm³/mol. The van der Waals surface area contributed by atoms with Crippen LogP contribution in [0.15, 0.2) is 0 Å². The van der Waals surface area contributed by atoms with E-state index in [4.69, 9.17) is 5.11 Å². The number of carboxylic acid groups (broad SMARTS) is 1. The lowest BCUT2D eigenvalue weighted by Crippen LogP contribution is -2.60. The molecule has 0 bridgehead atoms. The lowest BCUT2D eigenvalue weighted by molar-refractivity contribution is -0.138. The number of piperidine rings is 1. The SMILES string of the molecule is CCN1CCC2(CC1)CN(CCC(=O)O)C2. The van der Waals surface area contributed by atoms with Crippen molar-refractivity contribution < 1.29 is 9.90 Å². The molecule has 0 aromatic carbocycles. The van der Waals surface area contributed by atoms with Crippen LogP contribution in [-0.2, 0) is 4.79 Å². The van der Waals surface area contributed by atoms with Crippen molar-refractivity contribution in [3.63, 3.8) is 0 Å². The number of hydrogen-bond donors (Lipinski definition) is 1. The lowest BCUT2D eigenvalue weighted by atomic mass is 9.72. The maximum atomic E-state index is 10.5. The molecule has 4 heteroatoms.